The number of piperidine rings is 1. The highest BCUT2D eigenvalue weighted by Crippen LogP contribution is 2.31. The van der Waals surface area contributed by atoms with E-state index in [0.29, 0.717) is 0 Å². The number of carbonyl (C=O) groups excluding carboxylic acids is 1. The molecule has 0 saturated carbocycles. The number of carbonyl (C=O) groups is 1. The summed E-state index contributed by atoms with van der Waals surface area (Å²) in [6, 6.07) is 3.98. The van der Waals surface area contributed by atoms with Gasteiger partial charge < -0.3 is 4.90 Å². The number of hydrogen-bond donors (Lipinski definition) is 0. The summed E-state index contributed by atoms with van der Waals surface area (Å²) < 4.78 is 0. The number of aldehydes is 1. The molecule has 2 unspecified atom stereocenters. The van der Waals surface area contributed by atoms with Gasteiger partial charge in [-0.1, -0.05) is 13.8 Å². The van der Waals surface area contributed by atoms with Crippen LogP contribution in [0.5, 0.6) is 0 Å². The van der Waals surface area contributed by atoms with Crippen molar-refractivity contribution in [2.75, 3.05) is 18.0 Å². The quantitative estimate of drug-likeness (QED) is 0.718. The van der Waals surface area contributed by atoms with Crippen LogP contribution >= 0.6 is 11.3 Å². The molecule has 1 aromatic rings. The lowest BCUT2D eigenvalue weighted by atomic mass is 9.89. The van der Waals surface area contributed by atoms with Gasteiger partial charge in [-0.15, -0.1) is 11.3 Å². The van der Waals surface area contributed by atoms with Gasteiger partial charge in [0.2, 0.25) is 0 Å². The molecular formula is C12H17NOS. The SMILES string of the molecule is CC1CCN(c2ccc(C=O)s2)CC1C. The summed E-state index contributed by atoms with van der Waals surface area (Å²) in [4.78, 5) is 13.8. The van der Waals surface area contributed by atoms with Crippen LogP contribution in [0.2, 0.25) is 0 Å². The minimum absolute atomic E-state index is 0.750. The molecule has 1 aliphatic heterocycles. The first-order valence-corrected chi connectivity index (χ1v) is 6.32. The summed E-state index contributed by atoms with van der Waals surface area (Å²) in [6.45, 7) is 6.89. The minimum Gasteiger partial charge on any atom is -0.363 e. The zero-order valence-electron chi connectivity index (χ0n) is 9.27. The van der Waals surface area contributed by atoms with Crippen LogP contribution in [0, 0.1) is 11.8 Å². The average molecular weight is 223 g/mol. The first kappa shape index (κ1) is 10.7. The lowest BCUT2D eigenvalue weighted by Gasteiger charge is -2.35. The Kier molecular flexibility index (Phi) is 3.10. The Morgan fingerprint density at radius 2 is 2.20 bits per heavy atom. The second-order valence-electron chi connectivity index (χ2n) is 4.48. The highest BCUT2D eigenvalue weighted by molar-refractivity contribution is 7.17. The van der Waals surface area contributed by atoms with Gasteiger partial charge in [0.05, 0.1) is 9.88 Å². The van der Waals surface area contributed by atoms with E-state index < -0.39 is 0 Å². The molecule has 1 aliphatic rings. The van der Waals surface area contributed by atoms with Crippen LogP contribution in [0.3, 0.4) is 0 Å². The molecule has 0 bridgehead atoms. The van der Waals surface area contributed by atoms with E-state index in [0.717, 1.165) is 36.1 Å². The number of anilines is 1. The second kappa shape index (κ2) is 4.35. The van der Waals surface area contributed by atoms with Gasteiger partial charge in [0.15, 0.2) is 6.29 Å². The molecule has 1 fully saturated rings. The monoisotopic (exact) mass is 223 g/mol. The molecular weight excluding hydrogens is 206 g/mol. The number of nitrogens with zero attached hydrogens (tertiary/aromatic N) is 1. The topological polar surface area (TPSA) is 20.3 Å². The molecule has 2 rings (SSSR count). The van der Waals surface area contributed by atoms with Crippen molar-refractivity contribution in [1.29, 1.82) is 0 Å². The van der Waals surface area contributed by atoms with Gasteiger partial charge in [-0.25, -0.2) is 0 Å². The Hall–Kier alpha value is -0.830. The fraction of sp³-hybridized carbons (Fsp3) is 0.583. The molecule has 1 aromatic heterocycles. The standard InChI is InChI=1S/C12H17NOS/c1-9-5-6-13(7-10(9)2)12-4-3-11(8-14)15-12/h3-4,8-10H,5-7H2,1-2H3. The van der Waals surface area contributed by atoms with E-state index in [4.69, 9.17) is 0 Å². The van der Waals surface area contributed by atoms with Gasteiger partial charge in [-0.2, -0.15) is 0 Å². The summed E-state index contributed by atoms with van der Waals surface area (Å²) in [5.41, 5.74) is 0. The lowest BCUT2D eigenvalue weighted by Crippen LogP contribution is -2.37. The largest absolute Gasteiger partial charge is 0.363 e. The van der Waals surface area contributed by atoms with Crippen LogP contribution in [0.1, 0.15) is 29.9 Å². The molecule has 0 spiro atoms. The normalized spacial score (nSPS) is 26.7. The Bertz CT molecular complexity index is 347. The third-order valence-electron chi connectivity index (χ3n) is 3.37. The highest BCUT2D eigenvalue weighted by atomic mass is 32.1. The molecule has 0 N–H and O–H groups in total. The molecule has 0 aromatic carbocycles. The molecule has 2 atom stereocenters. The van der Waals surface area contributed by atoms with E-state index in [2.05, 4.69) is 24.8 Å². The first-order valence-electron chi connectivity index (χ1n) is 5.50. The summed E-state index contributed by atoms with van der Waals surface area (Å²) in [5, 5.41) is 1.25. The fourth-order valence-electron chi connectivity index (χ4n) is 2.04. The zero-order valence-corrected chi connectivity index (χ0v) is 10.1. The molecule has 1 saturated heterocycles. The Morgan fingerprint density at radius 3 is 2.80 bits per heavy atom. The molecule has 2 heterocycles. The van der Waals surface area contributed by atoms with Crippen molar-refractivity contribution in [3.63, 3.8) is 0 Å². The van der Waals surface area contributed by atoms with Gasteiger partial charge in [0, 0.05) is 13.1 Å². The van der Waals surface area contributed by atoms with Crippen LogP contribution in [0.15, 0.2) is 12.1 Å². The van der Waals surface area contributed by atoms with Crippen molar-refractivity contribution in [2.45, 2.75) is 20.3 Å². The molecule has 2 nitrogen and oxygen atoms in total. The average Bonchev–Trinajstić information content (AvgIpc) is 2.70. The first-order chi connectivity index (χ1) is 7.20. The van der Waals surface area contributed by atoms with Crippen LogP contribution < -0.4 is 4.90 Å². The van der Waals surface area contributed by atoms with Crippen LogP contribution in [-0.2, 0) is 0 Å². The summed E-state index contributed by atoms with van der Waals surface area (Å²) in [7, 11) is 0. The van der Waals surface area contributed by atoms with Crippen molar-refractivity contribution in [3.05, 3.63) is 17.0 Å². The Labute approximate surface area is 94.9 Å². The fourth-order valence-corrected chi connectivity index (χ4v) is 2.90. The van der Waals surface area contributed by atoms with E-state index in [1.54, 1.807) is 11.3 Å². The third kappa shape index (κ3) is 2.23. The summed E-state index contributed by atoms with van der Waals surface area (Å²) >= 11 is 1.60. The summed E-state index contributed by atoms with van der Waals surface area (Å²) in [6.07, 6.45) is 2.19. The maximum atomic E-state index is 10.6. The molecule has 15 heavy (non-hydrogen) atoms. The van der Waals surface area contributed by atoms with Crippen LogP contribution in [-0.4, -0.2) is 19.4 Å². The number of hydrogen-bond acceptors (Lipinski definition) is 3. The predicted octanol–water partition coefficient (Wildman–Crippen LogP) is 3.04. The van der Waals surface area contributed by atoms with Crippen molar-refractivity contribution < 1.29 is 4.79 Å². The second-order valence-corrected chi connectivity index (χ2v) is 5.58. The van der Waals surface area contributed by atoms with Crippen molar-refractivity contribution in [3.8, 4) is 0 Å². The number of rotatable bonds is 2. The van der Waals surface area contributed by atoms with E-state index in [9.17, 15) is 4.79 Å². The highest BCUT2D eigenvalue weighted by Gasteiger charge is 2.23. The van der Waals surface area contributed by atoms with Crippen molar-refractivity contribution in [2.24, 2.45) is 11.8 Å². The Balaban J connectivity index is 2.08. The molecule has 0 radical (unpaired) electrons. The van der Waals surface area contributed by atoms with Gasteiger partial charge in [0.25, 0.3) is 0 Å². The van der Waals surface area contributed by atoms with Crippen LogP contribution in [0.25, 0.3) is 0 Å². The van der Waals surface area contributed by atoms with E-state index in [1.165, 1.54) is 11.4 Å². The zero-order chi connectivity index (χ0) is 10.8. The van der Waals surface area contributed by atoms with E-state index in [-0.39, 0.29) is 0 Å². The van der Waals surface area contributed by atoms with E-state index >= 15 is 0 Å². The van der Waals surface area contributed by atoms with E-state index in [1.807, 2.05) is 6.07 Å². The number of thiophene rings is 1. The maximum absolute atomic E-state index is 10.6. The van der Waals surface area contributed by atoms with Gasteiger partial charge in [-0.05, 0) is 30.4 Å². The van der Waals surface area contributed by atoms with Crippen molar-refractivity contribution in [1.82, 2.24) is 0 Å². The maximum Gasteiger partial charge on any atom is 0.160 e. The van der Waals surface area contributed by atoms with Crippen molar-refractivity contribution >= 4 is 22.6 Å². The molecule has 0 aliphatic carbocycles. The minimum atomic E-state index is 0.750. The van der Waals surface area contributed by atoms with Gasteiger partial charge in [0.1, 0.15) is 0 Å². The lowest BCUT2D eigenvalue weighted by molar-refractivity contribution is 0.112. The smallest absolute Gasteiger partial charge is 0.160 e. The van der Waals surface area contributed by atoms with Gasteiger partial charge in [-0.3, -0.25) is 4.79 Å². The molecule has 82 valence electrons. The third-order valence-corrected chi connectivity index (χ3v) is 4.45. The molecule has 0 amide bonds. The predicted molar refractivity (Wildman–Crippen MR) is 64.9 cm³/mol. The summed E-state index contributed by atoms with van der Waals surface area (Å²) in [5.74, 6) is 1.58. The molecule has 3 heteroatoms. The Morgan fingerprint density at radius 1 is 1.40 bits per heavy atom. The van der Waals surface area contributed by atoms with Gasteiger partial charge >= 0.3 is 0 Å². The van der Waals surface area contributed by atoms with Crippen LogP contribution in [0.4, 0.5) is 5.00 Å².